The second-order valence-corrected chi connectivity index (χ2v) is 6.02. The van der Waals surface area contributed by atoms with Crippen molar-refractivity contribution in [2.45, 2.75) is 0 Å². The number of carbonyl (C=O) groups excluding carboxylic acids is 1. The maximum Gasteiger partial charge on any atom is 0.266 e. The molecule has 0 bridgehead atoms. The number of nitrogens with one attached hydrogen (secondary N) is 1. The molecule has 2 aromatic carbocycles. The van der Waals surface area contributed by atoms with E-state index >= 15 is 0 Å². The first-order chi connectivity index (χ1) is 12.9. The Morgan fingerprint density at radius 1 is 1.07 bits per heavy atom. The van der Waals surface area contributed by atoms with Crippen molar-refractivity contribution in [1.29, 1.82) is 5.26 Å². The van der Waals surface area contributed by atoms with Crippen LogP contribution in [0.2, 0.25) is 10.0 Å². The third-order valence-corrected chi connectivity index (χ3v) is 4.13. The van der Waals surface area contributed by atoms with E-state index in [1.54, 1.807) is 24.3 Å². The molecule has 0 fully saturated rings. The molecular weight excluding hydrogens is 391 g/mol. The number of carbonyl (C=O) groups is 1. The van der Waals surface area contributed by atoms with Crippen molar-refractivity contribution in [3.8, 4) is 23.3 Å². The highest BCUT2D eigenvalue weighted by atomic mass is 35.5. The Bertz CT molecular complexity index is 936. The largest absolute Gasteiger partial charge is 0.493 e. The summed E-state index contributed by atoms with van der Waals surface area (Å²) in [6.45, 7) is 0. The standard InChI is InChI=1S/C19H16Cl2N2O4/c1-25-16-7-4-11(17(26-2)18(16)27-3)8-12(10-22)19(24)23-15-6-5-13(20)9-14(15)21/h4-9H,1-3H3,(H,23,24)/b12-8+. The van der Waals surface area contributed by atoms with Crippen LogP contribution in [-0.2, 0) is 4.79 Å². The summed E-state index contributed by atoms with van der Waals surface area (Å²) in [6.07, 6.45) is 1.39. The zero-order valence-electron chi connectivity index (χ0n) is 14.8. The summed E-state index contributed by atoms with van der Waals surface area (Å²) < 4.78 is 15.9. The molecule has 0 spiro atoms. The Morgan fingerprint density at radius 3 is 2.33 bits per heavy atom. The minimum atomic E-state index is -0.626. The zero-order chi connectivity index (χ0) is 20.0. The Morgan fingerprint density at radius 2 is 1.78 bits per heavy atom. The van der Waals surface area contributed by atoms with E-state index in [1.807, 2.05) is 6.07 Å². The van der Waals surface area contributed by atoms with Gasteiger partial charge in [-0.1, -0.05) is 23.2 Å². The molecule has 0 aliphatic rings. The molecule has 140 valence electrons. The SMILES string of the molecule is COc1ccc(/C=C(\C#N)C(=O)Nc2ccc(Cl)cc2Cl)c(OC)c1OC. The van der Waals surface area contributed by atoms with Gasteiger partial charge in [-0.15, -0.1) is 0 Å². The molecule has 1 amide bonds. The maximum absolute atomic E-state index is 12.5. The molecule has 1 N–H and O–H groups in total. The maximum atomic E-state index is 12.5. The first kappa shape index (κ1) is 20.4. The van der Waals surface area contributed by atoms with Gasteiger partial charge in [-0.2, -0.15) is 5.26 Å². The summed E-state index contributed by atoms with van der Waals surface area (Å²) in [7, 11) is 4.42. The van der Waals surface area contributed by atoms with Crippen molar-refractivity contribution < 1.29 is 19.0 Å². The van der Waals surface area contributed by atoms with Gasteiger partial charge in [0.05, 0.1) is 32.0 Å². The topological polar surface area (TPSA) is 80.6 Å². The predicted octanol–water partition coefficient (Wildman–Crippen LogP) is 4.56. The second-order valence-electron chi connectivity index (χ2n) is 5.17. The number of benzene rings is 2. The minimum Gasteiger partial charge on any atom is -0.493 e. The van der Waals surface area contributed by atoms with E-state index in [0.29, 0.717) is 33.5 Å². The van der Waals surface area contributed by atoms with Crippen molar-refractivity contribution >= 4 is 40.9 Å². The predicted molar refractivity (Wildman–Crippen MR) is 105 cm³/mol. The van der Waals surface area contributed by atoms with Crippen LogP contribution in [-0.4, -0.2) is 27.2 Å². The molecule has 0 atom stereocenters. The van der Waals surface area contributed by atoms with Gasteiger partial charge in [0, 0.05) is 10.6 Å². The fourth-order valence-electron chi connectivity index (χ4n) is 2.32. The lowest BCUT2D eigenvalue weighted by atomic mass is 10.1. The van der Waals surface area contributed by atoms with Crippen LogP contribution in [0.15, 0.2) is 35.9 Å². The van der Waals surface area contributed by atoms with Gasteiger partial charge in [0.15, 0.2) is 11.5 Å². The molecule has 0 aliphatic carbocycles. The van der Waals surface area contributed by atoms with Crippen LogP contribution < -0.4 is 19.5 Å². The number of ether oxygens (including phenoxy) is 3. The molecule has 0 aliphatic heterocycles. The molecule has 27 heavy (non-hydrogen) atoms. The van der Waals surface area contributed by atoms with Gasteiger partial charge >= 0.3 is 0 Å². The summed E-state index contributed by atoms with van der Waals surface area (Å²) >= 11 is 11.9. The van der Waals surface area contributed by atoms with Gasteiger partial charge in [-0.3, -0.25) is 4.79 Å². The summed E-state index contributed by atoms with van der Waals surface area (Å²) in [6, 6.07) is 9.79. The van der Waals surface area contributed by atoms with Crippen molar-refractivity contribution in [1.82, 2.24) is 0 Å². The summed E-state index contributed by atoms with van der Waals surface area (Å²) in [5.74, 6) is 0.523. The molecule has 0 saturated heterocycles. The molecule has 0 radical (unpaired) electrons. The highest BCUT2D eigenvalue weighted by Crippen LogP contribution is 2.40. The number of hydrogen-bond acceptors (Lipinski definition) is 5. The van der Waals surface area contributed by atoms with Crippen LogP contribution in [0.1, 0.15) is 5.56 Å². The molecule has 2 rings (SSSR count). The van der Waals surface area contributed by atoms with Crippen molar-refractivity contribution in [3.63, 3.8) is 0 Å². The number of anilines is 1. The lowest BCUT2D eigenvalue weighted by Gasteiger charge is -2.14. The molecular formula is C19H16Cl2N2O4. The number of nitrogens with zero attached hydrogens (tertiary/aromatic N) is 1. The summed E-state index contributed by atoms with van der Waals surface area (Å²) in [5.41, 5.74) is 0.669. The Labute approximate surface area is 166 Å². The highest BCUT2D eigenvalue weighted by molar-refractivity contribution is 6.36. The Kier molecular flexibility index (Phi) is 6.94. The van der Waals surface area contributed by atoms with Crippen LogP contribution in [0.5, 0.6) is 17.2 Å². The molecule has 0 aromatic heterocycles. The van der Waals surface area contributed by atoms with E-state index in [4.69, 9.17) is 37.4 Å². The number of methoxy groups -OCH3 is 3. The third-order valence-electron chi connectivity index (χ3n) is 3.58. The zero-order valence-corrected chi connectivity index (χ0v) is 16.3. The van der Waals surface area contributed by atoms with Gasteiger partial charge in [0.25, 0.3) is 5.91 Å². The average Bonchev–Trinajstić information content (AvgIpc) is 2.67. The van der Waals surface area contributed by atoms with E-state index in [0.717, 1.165) is 0 Å². The van der Waals surface area contributed by atoms with Crippen LogP contribution in [0.3, 0.4) is 0 Å². The molecule has 0 saturated carbocycles. The van der Waals surface area contributed by atoms with Gasteiger partial charge < -0.3 is 19.5 Å². The minimum absolute atomic E-state index is 0.147. The van der Waals surface area contributed by atoms with Crippen LogP contribution in [0.25, 0.3) is 6.08 Å². The average molecular weight is 407 g/mol. The lowest BCUT2D eigenvalue weighted by Crippen LogP contribution is -2.13. The van der Waals surface area contributed by atoms with Crippen LogP contribution in [0, 0.1) is 11.3 Å². The number of rotatable bonds is 6. The number of nitriles is 1. The fourth-order valence-corrected chi connectivity index (χ4v) is 2.78. The number of amides is 1. The van der Waals surface area contributed by atoms with E-state index in [2.05, 4.69) is 5.32 Å². The van der Waals surface area contributed by atoms with Gasteiger partial charge in [-0.25, -0.2) is 0 Å². The number of halogens is 2. The fraction of sp³-hybridized carbons (Fsp3) is 0.158. The van der Waals surface area contributed by atoms with Gasteiger partial charge in [-0.05, 0) is 36.4 Å². The molecule has 8 heteroatoms. The summed E-state index contributed by atoms with van der Waals surface area (Å²) in [4.78, 5) is 12.5. The smallest absolute Gasteiger partial charge is 0.266 e. The first-order valence-electron chi connectivity index (χ1n) is 7.62. The summed E-state index contributed by atoms with van der Waals surface area (Å²) in [5, 5.41) is 12.7. The Balaban J connectivity index is 2.41. The van der Waals surface area contributed by atoms with Crippen molar-refractivity contribution in [2.24, 2.45) is 0 Å². The van der Waals surface area contributed by atoms with E-state index in [-0.39, 0.29) is 10.6 Å². The van der Waals surface area contributed by atoms with Crippen molar-refractivity contribution in [2.75, 3.05) is 26.6 Å². The third kappa shape index (κ3) is 4.64. The van der Waals surface area contributed by atoms with E-state index < -0.39 is 5.91 Å². The van der Waals surface area contributed by atoms with Gasteiger partial charge in [0.2, 0.25) is 5.75 Å². The molecule has 6 nitrogen and oxygen atoms in total. The lowest BCUT2D eigenvalue weighted by molar-refractivity contribution is -0.112. The van der Waals surface area contributed by atoms with E-state index in [1.165, 1.54) is 33.5 Å². The van der Waals surface area contributed by atoms with Crippen LogP contribution in [0.4, 0.5) is 5.69 Å². The monoisotopic (exact) mass is 406 g/mol. The molecule has 2 aromatic rings. The molecule has 0 unspecified atom stereocenters. The Hall–Kier alpha value is -2.88. The highest BCUT2D eigenvalue weighted by Gasteiger charge is 2.17. The normalized spacial score (nSPS) is 10.7. The molecule has 0 heterocycles. The number of hydrogen-bond donors (Lipinski definition) is 1. The van der Waals surface area contributed by atoms with Gasteiger partial charge in [0.1, 0.15) is 11.6 Å². The quantitative estimate of drug-likeness (QED) is 0.561. The van der Waals surface area contributed by atoms with Crippen molar-refractivity contribution in [3.05, 3.63) is 51.5 Å². The van der Waals surface area contributed by atoms with E-state index in [9.17, 15) is 10.1 Å². The first-order valence-corrected chi connectivity index (χ1v) is 8.37. The van der Waals surface area contributed by atoms with Crippen LogP contribution >= 0.6 is 23.2 Å². The second kappa shape index (κ2) is 9.17.